The first-order valence-corrected chi connectivity index (χ1v) is 9.04. The van der Waals surface area contributed by atoms with Gasteiger partial charge in [0.25, 0.3) is 5.91 Å². The molecule has 3 aliphatic carbocycles. The fourth-order valence-corrected chi connectivity index (χ4v) is 4.06. The van der Waals surface area contributed by atoms with Crippen LogP contribution in [0.5, 0.6) is 5.75 Å². The van der Waals surface area contributed by atoms with Crippen LogP contribution >= 0.6 is 0 Å². The van der Waals surface area contributed by atoms with Gasteiger partial charge in [0.05, 0.1) is 17.3 Å². The third-order valence-corrected chi connectivity index (χ3v) is 4.98. The fraction of sp³-hybridized carbons (Fsp3) is 0.526. The van der Waals surface area contributed by atoms with Crippen LogP contribution in [0.4, 0.5) is 4.79 Å². The molecule has 1 heterocycles. The highest BCUT2D eigenvalue weighted by molar-refractivity contribution is 5.81. The van der Waals surface area contributed by atoms with Crippen molar-refractivity contribution in [1.82, 2.24) is 20.8 Å². The molecule has 0 unspecified atom stereocenters. The van der Waals surface area contributed by atoms with Crippen molar-refractivity contribution in [1.29, 1.82) is 0 Å². The molecule has 8 nitrogen and oxygen atoms in total. The van der Waals surface area contributed by atoms with Gasteiger partial charge in [-0.05, 0) is 52.2 Å². The van der Waals surface area contributed by atoms with Gasteiger partial charge in [0.15, 0.2) is 6.61 Å². The van der Waals surface area contributed by atoms with Crippen LogP contribution in [0.25, 0.3) is 10.9 Å². The van der Waals surface area contributed by atoms with E-state index in [0.29, 0.717) is 5.75 Å². The van der Waals surface area contributed by atoms with Gasteiger partial charge in [0.2, 0.25) is 0 Å². The average Bonchev–Trinajstić information content (AvgIpc) is 2.95. The summed E-state index contributed by atoms with van der Waals surface area (Å²) in [6, 6.07) is 5.52. The molecular formula is C19H24N4O4. The van der Waals surface area contributed by atoms with Crippen molar-refractivity contribution in [3.05, 3.63) is 24.4 Å². The molecule has 144 valence electrons. The number of benzene rings is 1. The maximum absolute atomic E-state index is 12.2. The zero-order chi connectivity index (χ0) is 19.3. The lowest BCUT2D eigenvalue weighted by Gasteiger charge is -2.70. The van der Waals surface area contributed by atoms with Gasteiger partial charge in [-0.2, -0.15) is 5.10 Å². The van der Waals surface area contributed by atoms with Crippen molar-refractivity contribution in [2.24, 2.45) is 0 Å². The molecular weight excluding hydrogens is 348 g/mol. The Balaban J connectivity index is 1.22. The summed E-state index contributed by atoms with van der Waals surface area (Å²) in [7, 11) is 0. The van der Waals surface area contributed by atoms with E-state index in [9.17, 15) is 9.59 Å². The van der Waals surface area contributed by atoms with Crippen LogP contribution in [0.2, 0.25) is 0 Å². The highest BCUT2D eigenvalue weighted by atomic mass is 16.6. The van der Waals surface area contributed by atoms with Crippen LogP contribution in [0.3, 0.4) is 0 Å². The van der Waals surface area contributed by atoms with E-state index in [-0.39, 0.29) is 23.6 Å². The Bertz CT molecular complexity index is 879. The minimum atomic E-state index is -0.518. The number of nitrogens with one attached hydrogen (secondary N) is 3. The van der Waals surface area contributed by atoms with Crippen molar-refractivity contribution in [3.63, 3.8) is 0 Å². The summed E-state index contributed by atoms with van der Waals surface area (Å²) >= 11 is 0. The van der Waals surface area contributed by atoms with E-state index in [1.54, 1.807) is 6.20 Å². The highest BCUT2D eigenvalue weighted by Gasteiger charge is 2.69. The molecule has 8 heteroatoms. The quantitative estimate of drug-likeness (QED) is 0.747. The predicted molar refractivity (Wildman–Crippen MR) is 98.4 cm³/mol. The second-order valence-corrected chi connectivity index (χ2v) is 8.67. The molecule has 2 amide bonds. The molecule has 0 radical (unpaired) electrons. The Kier molecular flexibility index (Phi) is 3.83. The van der Waals surface area contributed by atoms with E-state index in [1.807, 2.05) is 39.0 Å². The zero-order valence-corrected chi connectivity index (χ0v) is 15.7. The number of hydrogen-bond donors (Lipinski definition) is 3. The molecule has 0 aliphatic heterocycles. The van der Waals surface area contributed by atoms with Crippen LogP contribution in [0, 0.1) is 0 Å². The van der Waals surface area contributed by atoms with Gasteiger partial charge in [0.1, 0.15) is 11.4 Å². The molecule has 3 N–H and O–H groups in total. The molecule has 1 aromatic carbocycles. The lowest BCUT2D eigenvalue weighted by molar-refractivity contribution is -0.142. The van der Waals surface area contributed by atoms with Gasteiger partial charge in [0, 0.05) is 17.0 Å². The molecule has 1 aromatic heterocycles. The van der Waals surface area contributed by atoms with E-state index in [2.05, 4.69) is 20.8 Å². The molecule has 2 bridgehead atoms. The Hall–Kier alpha value is -2.77. The number of carbonyl (C=O) groups is 2. The number of nitrogens with zero attached hydrogens (tertiary/aromatic N) is 1. The van der Waals surface area contributed by atoms with Crippen LogP contribution in [0.1, 0.15) is 40.0 Å². The van der Waals surface area contributed by atoms with Gasteiger partial charge in [-0.1, -0.05) is 0 Å². The van der Waals surface area contributed by atoms with Crippen molar-refractivity contribution in [2.45, 2.75) is 56.7 Å². The molecule has 3 fully saturated rings. The van der Waals surface area contributed by atoms with E-state index in [4.69, 9.17) is 9.47 Å². The topological polar surface area (TPSA) is 105 Å². The summed E-state index contributed by atoms with van der Waals surface area (Å²) in [5.74, 6) is 0.452. The van der Waals surface area contributed by atoms with Crippen molar-refractivity contribution < 1.29 is 19.1 Å². The highest BCUT2D eigenvalue weighted by Crippen LogP contribution is 2.60. The molecule has 0 spiro atoms. The normalized spacial score (nSPS) is 25.9. The third kappa shape index (κ3) is 3.56. The SMILES string of the molecule is CC(C)(C)OC(=O)NC12CC(NC(=O)COc3ccc4cn[nH]c4c3)(C1)C2. The van der Waals surface area contributed by atoms with Crippen molar-refractivity contribution >= 4 is 22.9 Å². The van der Waals surface area contributed by atoms with E-state index >= 15 is 0 Å². The second-order valence-electron chi connectivity index (χ2n) is 8.67. The molecule has 27 heavy (non-hydrogen) atoms. The number of aromatic amines is 1. The van der Waals surface area contributed by atoms with E-state index < -0.39 is 11.7 Å². The fourth-order valence-electron chi connectivity index (χ4n) is 4.06. The minimum Gasteiger partial charge on any atom is -0.484 e. The number of hydrogen-bond acceptors (Lipinski definition) is 5. The number of amides is 2. The van der Waals surface area contributed by atoms with Gasteiger partial charge in [-0.25, -0.2) is 4.79 Å². The lowest BCUT2D eigenvalue weighted by Crippen LogP contribution is -2.84. The molecule has 3 saturated carbocycles. The molecule has 3 aliphatic rings. The molecule has 0 saturated heterocycles. The number of rotatable bonds is 5. The van der Waals surface area contributed by atoms with Crippen LogP contribution < -0.4 is 15.4 Å². The largest absolute Gasteiger partial charge is 0.484 e. The first-order valence-electron chi connectivity index (χ1n) is 9.04. The molecule has 2 aromatic rings. The van der Waals surface area contributed by atoms with Crippen LogP contribution in [0.15, 0.2) is 24.4 Å². The van der Waals surface area contributed by atoms with E-state index in [0.717, 1.165) is 30.2 Å². The number of carbonyl (C=O) groups excluding carboxylic acids is 2. The summed E-state index contributed by atoms with van der Waals surface area (Å²) < 4.78 is 10.9. The maximum Gasteiger partial charge on any atom is 0.408 e. The summed E-state index contributed by atoms with van der Waals surface area (Å²) in [4.78, 5) is 24.1. The smallest absolute Gasteiger partial charge is 0.408 e. The number of ether oxygens (including phenoxy) is 2. The number of alkyl carbamates (subject to hydrolysis) is 1. The first-order chi connectivity index (χ1) is 12.7. The van der Waals surface area contributed by atoms with Gasteiger partial charge < -0.3 is 20.1 Å². The predicted octanol–water partition coefficient (Wildman–Crippen LogP) is 2.26. The number of aromatic nitrogens is 2. The average molecular weight is 372 g/mol. The number of fused-ring (bicyclic) bond motifs is 1. The van der Waals surface area contributed by atoms with Crippen LogP contribution in [-0.4, -0.2) is 45.5 Å². The Morgan fingerprint density at radius 1 is 1.19 bits per heavy atom. The summed E-state index contributed by atoms with van der Waals surface area (Å²) in [6.07, 6.45) is 3.51. The van der Waals surface area contributed by atoms with Gasteiger partial charge in [-0.3, -0.25) is 9.89 Å². The second kappa shape index (κ2) is 5.87. The van der Waals surface area contributed by atoms with Gasteiger partial charge in [-0.15, -0.1) is 0 Å². The molecule has 0 atom stereocenters. The Morgan fingerprint density at radius 2 is 1.89 bits per heavy atom. The van der Waals surface area contributed by atoms with Crippen molar-refractivity contribution in [2.75, 3.05) is 6.61 Å². The van der Waals surface area contributed by atoms with Crippen molar-refractivity contribution in [3.8, 4) is 5.75 Å². The Morgan fingerprint density at radius 3 is 2.59 bits per heavy atom. The summed E-state index contributed by atoms with van der Waals surface area (Å²) in [5, 5.41) is 13.8. The minimum absolute atomic E-state index is 0.0477. The summed E-state index contributed by atoms with van der Waals surface area (Å²) in [6.45, 7) is 5.45. The standard InChI is InChI=1S/C19H24N4O4/c1-17(2,3)27-16(25)22-19-9-18(10-19,11-19)21-15(24)8-26-13-5-4-12-7-20-23-14(12)6-13/h4-7H,8-11H2,1-3H3,(H,20,23)(H,21,24)(H,22,25). The van der Waals surface area contributed by atoms with Gasteiger partial charge >= 0.3 is 6.09 Å². The molecule has 5 rings (SSSR count). The summed E-state index contributed by atoms with van der Waals surface area (Å²) in [5.41, 5.74) is -0.108. The third-order valence-electron chi connectivity index (χ3n) is 4.98. The zero-order valence-electron chi connectivity index (χ0n) is 15.7. The van der Waals surface area contributed by atoms with E-state index in [1.165, 1.54) is 0 Å². The van der Waals surface area contributed by atoms with Crippen LogP contribution in [-0.2, 0) is 9.53 Å². The monoisotopic (exact) mass is 372 g/mol. The maximum atomic E-state index is 12.2. The number of H-pyrrole nitrogens is 1. The lowest BCUT2D eigenvalue weighted by atomic mass is 9.44. The Labute approximate surface area is 157 Å². The first kappa shape index (κ1) is 17.6.